The summed E-state index contributed by atoms with van der Waals surface area (Å²) in [4.78, 5) is 29.0. The Balaban J connectivity index is 1.49. The van der Waals surface area contributed by atoms with Gasteiger partial charge in [0.1, 0.15) is 29.0 Å². The number of carbonyl (C=O) groups is 1. The van der Waals surface area contributed by atoms with Crippen LogP contribution in [-0.2, 0) is 17.9 Å². The fourth-order valence-corrected chi connectivity index (χ4v) is 3.03. The summed E-state index contributed by atoms with van der Waals surface area (Å²) in [5.74, 6) is -1.15. The quantitative estimate of drug-likeness (QED) is 0.528. The Morgan fingerprint density at radius 3 is 2.63 bits per heavy atom. The number of benzene rings is 2. The summed E-state index contributed by atoms with van der Waals surface area (Å²) >= 11 is 0. The van der Waals surface area contributed by atoms with Crippen molar-refractivity contribution in [1.29, 1.82) is 0 Å². The van der Waals surface area contributed by atoms with E-state index in [0.717, 1.165) is 0 Å². The lowest BCUT2D eigenvalue weighted by atomic mass is 10.1. The number of nitrogens with one attached hydrogen (secondary N) is 1. The predicted molar refractivity (Wildman–Crippen MR) is 104 cm³/mol. The van der Waals surface area contributed by atoms with Crippen LogP contribution >= 0.6 is 0 Å². The molecule has 0 unspecified atom stereocenters. The molecule has 1 amide bonds. The predicted octanol–water partition coefficient (Wildman–Crippen LogP) is 3.04. The number of hydrogen-bond acceptors (Lipinski definition) is 5. The standard InChI is InChI=1S/C21H16F2N4O3/c22-15-5-1-3-13(9-15)11-24-17(28)7-8-27-12-25-20-18(21(27)29)19(26-30-20)14-4-2-6-16(23)10-14/h1-6,9-10,12H,7-8,11H2,(H,24,28). The fraction of sp³-hybridized carbons (Fsp3) is 0.143. The van der Waals surface area contributed by atoms with Crippen LogP contribution in [0.25, 0.3) is 22.4 Å². The maximum absolute atomic E-state index is 13.5. The van der Waals surface area contributed by atoms with Crippen molar-refractivity contribution in [3.8, 4) is 11.3 Å². The Labute approximate surface area is 169 Å². The molecule has 9 heteroatoms. The average molecular weight is 410 g/mol. The van der Waals surface area contributed by atoms with Crippen LogP contribution in [0.1, 0.15) is 12.0 Å². The van der Waals surface area contributed by atoms with Gasteiger partial charge in [0.25, 0.3) is 11.3 Å². The lowest BCUT2D eigenvalue weighted by Crippen LogP contribution is -2.27. The molecule has 0 spiro atoms. The molecule has 0 fully saturated rings. The molecule has 0 aliphatic heterocycles. The number of carbonyl (C=O) groups excluding carboxylic acids is 1. The minimum absolute atomic E-state index is 0.0169. The molecule has 0 aliphatic carbocycles. The van der Waals surface area contributed by atoms with E-state index >= 15 is 0 Å². The molecule has 152 valence electrons. The van der Waals surface area contributed by atoms with Gasteiger partial charge in [0.15, 0.2) is 0 Å². The van der Waals surface area contributed by atoms with Gasteiger partial charge in [0.05, 0.1) is 0 Å². The van der Waals surface area contributed by atoms with Crippen LogP contribution in [0, 0.1) is 11.6 Å². The Bertz CT molecular complexity index is 1280. The van der Waals surface area contributed by atoms with Gasteiger partial charge in [-0.25, -0.2) is 13.8 Å². The molecule has 2 heterocycles. The number of hydrogen-bond donors (Lipinski definition) is 1. The first-order valence-electron chi connectivity index (χ1n) is 9.13. The van der Waals surface area contributed by atoms with Gasteiger partial charge in [-0.2, -0.15) is 0 Å². The molecule has 4 aromatic rings. The third-order valence-corrected chi connectivity index (χ3v) is 4.52. The monoisotopic (exact) mass is 410 g/mol. The zero-order valence-corrected chi connectivity index (χ0v) is 15.6. The second-order valence-corrected chi connectivity index (χ2v) is 6.62. The van der Waals surface area contributed by atoms with Crippen molar-refractivity contribution in [2.45, 2.75) is 19.5 Å². The zero-order valence-electron chi connectivity index (χ0n) is 15.6. The first kappa shape index (κ1) is 19.4. The van der Waals surface area contributed by atoms with Gasteiger partial charge in [-0.3, -0.25) is 14.2 Å². The number of amides is 1. The van der Waals surface area contributed by atoms with Crippen molar-refractivity contribution >= 4 is 17.0 Å². The third kappa shape index (κ3) is 4.09. The lowest BCUT2D eigenvalue weighted by Gasteiger charge is -2.07. The minimum Gasteiger partial charge on any atom is -0.352 e. The Kier molecular flexibility index (Phi) is 5.34. The molecule has 0 atom stereocenters. The van der Waals surface area contributed by atoms with Crippen LogP contribution in [0.2, 0.25) is 0 Å². The number of nitrogens with zero attached hydrogens (tertiary/aromatic N) is 3. The molecule has 2 aromatic carbocycles. The highest BCUT2D eigenvalue weighted by Gasteiger charge is 2.17. The van der Waals surface area contributed by atoms with Crippen LogP contribution in [0.15, 0.2) is 64.2 Å². The number of aromatic nitrogens is 3. The van der Waals surface area contributed by atoms with E-state index in [0.29, 0.717) is 11.1 Å². The number of rotatable bonds is 6. The summed E-state index contributed by atoms with van der Waals surface area (Å²) in [5, 5.41) is 6.64. The van der Waals surface area contributed by atoms with Crippen LogP contribution in [0.3, 0.4) is 0 Å². The SMILES string of the molecule is O=C(CCn1cnc2onc(-c3cccc(F)c3)c2c1=O)NCc1cccc(F)c1. The van der Waals surface area contributed by atoms with Crippen molar-refractivity contribution in [3.63, 3.8) is 0 Å². The summed E-state index contributed by atoms with van der Waals surface area (Å²) in [5.41, 5.74) is 0.794. The molecular weight excluding hydrogens is 394 g/mol. The van der Waals surface area contributed by atoms with Gasteiger partial charge in [0, 0.05) is 25.1 Å². The maximum atomic E-state index is 13.5. The van der Waals surface area contributed by atoms with Gasteiger partial charge >= 0.3 is 0 Å². The summed E-state index contributed by atoms with van der Waals surface area (Å²) in [7, 11) is 0. The van der Waals surface area contributed by atoms with Crippen LogP contribution in [0.5, 0.6) is 0 Å². The van der Waals surface area contributed by atoms with Gasteiger partial charge in [-0.15, -0.1) is 0 Å². The molecule has 0 bridgehead atoms. The summed E-state index contributed by atoms with van der Waals surface area (Å²) in [6, 6.07) is 11.6. The molecule has 0 aliphatic rings. The van der Waals surface area contributed by atoms with Gasteiger partial charge in [0.2, 0.25) is 5.91 Å². The van der Waals surface area contributed by atoms with Crippen LogP contribution < -0.4 is 10.9 Å². The van der Waals surface area contributed by atoms with E-state index in [1.54, 1.807) is 18.2 Å². The fourth-order valence-electron chi connectivity index (χ4n) is 3.03. The third-order valence-electron chi connectivity index (χ3n) is 4.52. The van der Waals surface area contributed by atoms with Gasteiger partial charge in [-0.05, 0) is 29.8 Å². The Morgan fingerprint density at radius 2 is 1.87 bits per heavy atom. The Hall–Kier alpha value is -3.88. The Morgan fingerprint density at radius 1 is 1.10 bits per heavy atom. The molecule has 7 nitrogen and oxygen atoms in total. The van der Waals surface area contributed by atoms with E-state index in [4.69, 9.17) is 4.52 Å². The van der Waals surface area contributed by atoms with E-state index in [1.807, 2.05) is 0 Å². The highest BCUT2D eigenvalue weighted by atomic mass is 19.1. The second-order valence-electron chi connectivity index (χ2n) is 6.62. The van der Waals surface area contributed by atoms with E-state index in [9.17, 15) is 18.4 Å². The van der Waals surface area contributed by atoms with Crippen molar-refractivity contribution in [2.24, 2.45) is 0 Å². The lowest BCUT2D eigenvalue weighted by molar-refractivity contribution is -0.121. The molecule has 30 heavy (non-hydrogen) atoms. The van der Waals surface area contributed by atoms with E-state index < -0.39 is 11.4 Å². The first-order valence-corrected chi connectivity index (χ1v) is 9.13. The van der Waals surface area contributed by atoms with E-state index in [2.05, 4.69) is 15.5 Å². The van der Waals surface area contributed by atoms with Crippen molar-refractivity contribution in [2.75, 3.05) is 0 Å². The highest BCUT2D eigenvalue weighted by Crippen LogP contribution is 2.24. The number of fused-ring (bicyclic) bond motifs is 1. The average Bonchev–Trinajstić information content (AvgIpc) is 3.17. The summed E-state index contributed by atoms with van der Waals surface area (Å²) < 4.78 is 33.1. The number of aryl methyl sites for hydroxylation is 1. The zero-order chi connectivity index (χ0) is 21.1. The number of halogens is 2. The molecule has 1 N–H and O–H groups in total. The highest BCUT2D eigenvalue weighted by molar-refractivity contribution is 5.88. The normalized spacial score (nSPS) is 11.0. The molecule has 0 radical (unpaired) electrons. The van der Waals surface area contributed by atoms with Crippen molar-refractivity contribution in [3.05, 3.63) is 82.4 Å². The van der Waals surface area contributed by atoms with E-state index in [1.165, 1.54) is 41.2 Å². The topological polar surface area (TPSA) is 90.0 Å². The summed E-state index contributed by atoms with van der Waals surface area (Å²) in [6.45, 7) is 0.253. The molecule has 4 rings (SSSR count). The largest absolute Gasteiger partial charge is 0.352 e. The van der Waals surface area contributed by atoms with Crippen molar-refractivity contribution < 1.29 is 18.1 Å². The molecule has 2 aromatic heterocycles. The van der Waals surface area contributed by atoms with Crippen molar-refractivity contribution in [1.82, 2.24) is 20.0 Å². The smallest absolute Gasteiger partial charge is 0.266 e. The van der Waals surface area contributed by atoms with E-state index in [-0.39, 0.29) is 48.0 Å². The molecule has 0 saturated carbocycles. The van der Waals surface area contributed by atoms with Crippen LogP contribution in [0.4, 0.5) is 8.78 Å². The second kappa shape index (κ2) is 8.24. The maximum Gasteiger partial charge on any atom is 0.266 e. The molecular formula is C21H16F2N4O3. The van der Waals surface area contributed by atoms with Gasteiger partial charge < -0.3 is 9.84 Å². The first-order chi connectivity index (χ1) is 14.5. The molecule has 0 saturated heterocycles. The van der Waals surface area contributed by atoms with Crippen LogP contribution in [-0.4, -0.2) is 20.6 Å². The van der Waals surface area contributed by atoms with Gasteiger partial charge in [-0.1, -0.05) is 29.4 Å². The summed E-state index contributed by atoms with van der Waals surface area (Å²) in [6.07, 6.45) is 1.29. The minimum atomic E-state index is -0.470.